The van der Waals surface area contributed by atoms with Gasteiger partial charge in [0, 0.05) is 36.0 Å². The first-order chi connectivity index (χ1) is 24.5. The van der Waals surface area contributed by atoms with Gasteiger partial charge >= 0.3 is 0 Å². The van der Waals surface area contributed by atoms with Gasteiger partial charge in [0.15, 0.2) is 10.9 Å². The standard InChI is InChI=1S/C46H32N2O2/c1-47-37-25-23-33(29-15-7-3-8-16-29)41(31-19-11-5-12-20-31)43(37)45(49)35-28-40-36(27-39(35)47)46(50)44-38(48(40)2)26-24-34(30-17-9-4-10-18-30)42(44)32-21-13-6-14-22-32/h3-28H,1-2H3. The topological polar surface area (TPSA) is 44.0 Å². The monoisotopic (exact) mass is 644 g/mol. The van der Waals surface area contributed by atoms with Gasteiger partial charge in [-0.2, -0.15) is 0 Å². The number of hydrogen-bond acceptors (Lipinski definition) is 2. The Bertz CT molecular complexity index is 2690. The summed E-state index contributed by atoms with van der Waals surface area (Å²) < 4.78 is 4.13. The lowest BCUT2D eigenvalue weighted by atomic mass is 9.89. The van der Waals surface area contributed by atoms with E-state index in [0.717, 1.165) is 66.6 Å². The largest absolute Gasteiger partial charge is 0.343 e. The molecule has 238 valence electrons. The van der Waals surface area contributed by atoms with E-state index in [0.29, 0.717) is 21.5 Å². The summed E-state index contributed by atoms with van der Waals surface area (Å²) in [6.07, 6.45) is 0. The lowest BCUT2D eigenvalue weighted by molar-refractivity contribution is 0.994. The van der Waals surface area contributed by atoms with E-state index in [1.54, 1.807) is 0 Å². The van der Waals surface area contributed by atoms with Crippen LogP contribution < -0.4 is 10.9 Å². The molecule has 2 heterocycles. The Hall–Kier alpha value is -6.52. The Labute approximate surface area is 288 Å². The van der Waals surface area contributed by atoms with Gasteiger partial charge in [-0.05, 0) is 57.6 Å². The lowest BCUT2D eigenvalue weighted by Crippen LogP contribution is -2.15. The summed E-state index contributed by atoms with van der Waals surface area (Å²) in [7, 11) is 3.97. The fraction of sp³-hybridized carbons (Fsp3) is 0.0435. The number of aromatic nitrogens is 2. The molecule has 0 atom stereocenters. The average molecular weight is 645 g/mol. The number of benzene rings is 7. The van der Waals surface area contributed by atoms with Gasteiger partial charge in [-0.25, -0.2) is 0 Å². The molecule has 0 amide bonds. The minimum atomic E-state index is -0.0522. The van der Waals surface area contributed by atoms with Crippen LogP contribution in [0.5, 0.6) is 0 Å². The summed E-state index contributed by atoms with van der Waals surface area (Å²) in [5.41, 5.74) is 10.8. The third kappa shape index (κ3) is 4.46. The molecule has 50 heavy (non-hydrogen) atoms. The second-order valence-electron chi connectivity index (χ2n) is 12.9. The Morgan fingerprint density at radius 1 is 0.360 bits per heavy atom. The normalized spacial score (nSPS) is 11.6. The smallest absolute Gasteiger partial charge is 0.197 e. The van der Waals surface area contributed by atoms with Crippen molar-refractivity contribution in [3.63, 3.8) is 0 Å². The van der Waals surface area contributed by atoms with Crippen molar-refractivity contribution in [3.8, 4) is 44.5 Å². The molecule has 0 aliphatic carbocycles. The zero-order valence-corrected chi connectivity index (χ0v) is 27.7. The van der Waals surface area contributed by atoms with Gasteiger partial charge in [-0.15, -0.1) is 0 Å². The van der Waals surface area contributed by atoms with Crippen LogP contribution in [-0.2, 0) is 14.1 Å². The molecule has 9 rings (SSSR count). The van der Waals surface area contributed by atoms with Crippen LogP contribution in [0, 0.1) is 0 Å². The van der Waals surface area contributed by atoms with Crippen molar-refractivity contribution in [3.05, 3.63) is 178 Å². The van der Waals surface area contributed by atoms with E-state index >= 15 is 0 Å². The molecule has 0 aliphatic rings. The molecule has 0 saturated carbocycles. The van der Waals surface area contributed by atoms with Crippen molar-refractivity contribution in [1.29, 1.82) is 0 Å². The molecule has 0 saturated heterocycles. The van der Waals surface area contributed by atoms with Crippen LogP contribution in [0.15, 0.2) is 167 Å². The molecule has 0 N–H and O–H groups in total. The maximum Gasteiger partial charge on any atom is 0.197 e. The number of rotatable bonds is 4. The Morgan fingerprint density at radius 3 is 1.02 bits per heavy atom. The van der Waals surface area contributed by atoms with E-state index < -0.39 is 0 Å². The second kappa shape index (κ2) is 11.6. The van der Waals surface area contributed by atoms with E-state index in [-0.39, 0.29) is 10.9 Å². The summed E-state index contributed by atoms with van der Waals surface area (Å²) in [5, 5.41) is 2.48. The van der Waals surface area contributed by atoms with Gasteiger partial charge in [0.2, 0.25) is 0 Å². The van der Waals surface area contributed by atoms with Gasteiger partial charge in [0.05, 0.1) is 32.8 Å². The van der Waals surface area contributed by atoms with Gasteiger partial charge in [0.1, 0.15) is 0 Å². The van der Waals surface area contributed by atoms with Gasteiger partial charge in [0.25, 0.3) is 0 Å². The number of pyridine rings is 2. The van der Waals surface area contributed by atoms with Crippen molar-refractivity contribution in [2.45, 2.75) is 0 Å². The molecule has 0 fully saturated rings. The lowest BCUT2D eigenvalue weighted by Gasteiger charge is -2.20. The Balaban J connectivity index is 1.42. The van der Waals surface area contributed by atoms with Crippen LogP contribution in [-0.4, -0.2) is 9.13 Å². The highest BCUT2D eigenvalue weighted by Gasteiger charge is 2.22. The number of nitrogens with zero attached hydrogens (tertiary/aromatic N) is 2. The molecule has 9 aromatic rings. The van der Waals surface area contributed by atoms with E-state index in [1.807, 2.05) is 111 Å². The molecular weight excluding hydrogens is 613 g/mol. The first-order valence-electron chi connectivity index (χ1n) is 16.8. The fourth-order valence-electron chi connectivity index (χ4n) is 7.75. The van der Waals surface area contributed by atoms with Crippen molar-refractivity contribution >= 4 is 43.6 Å². The Morgan fingerprint density at radius 2 is 0.680 bits per heavy atom. The summed E-state index contributed by atoms with van der Waals surface area (Å²) in [6.45, 7) is 0. The molecule has 2 aromatic heterocycles. The molecular formula is C46H32N2O2. The van der Waals surface area contributed by atoms with Crippen molar-refractivity contribution < 1.29 is 0 Å². The van der Waals surface area contributed by atoms with Crippen LogP contribution in [0.4, 0.5) is 0 Å². The summed E-state index contributed by atoms with van der Waals surface area (Å²) in [4.78, 5) is 29.7. The predicted octanol–water partition coefficient (Wildman–Crippen LogP) is 10.4. The number of hydrogen-bond donors (Lipinski definition) is 0. The quantitative estimate of drug-likeness (QED) is 0.179. The minimum absolute atomic E-state index is 0.0522. The first kappa shape index (κ1) is 29.6. The molecule has 0 aliphatic heterocycles. The number of aryl methyl sites for hydroxylation is 2. The predicted molar refractivity (Wildman–Crippen MR) is 209 cm³/mol. The SMILES string of the molecule is Cn1c2cc3c(=O)c4c(-c5ccccc5)c(-c5ccccc5)ccc4n(C)c3cc2c(=O)c2c(-c3ccccc3)c(-c3ccccc3)ccc21. The molecule has 7 aromatic carbocycles. The van der Waals surface area contributed by atoms with Crippen LogP contribution in [0.1, 0.15) is 0 Å². The van der Waals surface area contributed by atoms with Crippen LogP contribution in [0.2, 0.25) is 0 Å². The molecule has 4 heteroatoms. The first-order valence-corrected chi connectivity index (χ1v) is 16.8. The van der Waals surface area contributed by atoms with Gasteiger partial charge in [-0.3, -0.25) is 9.59 Å². The Kier molecular flexibility index (Phi) is 6.85. The second-order valence-corrected chi connectivity index (χ2v) is 12.9. The molecule has 0 unspecified atom stereocenters. The fourth-order valence-corrected chi connectivity index (χ4v) is 7.75. The highest BCUT2D eigenvalue weighted by molar-refractivity contribution is 6.11. The summed E-state index contributed by atoms with van der Waals surface area (Å²) in [5.74, 6) is 0. The third-order valence-electron chi connectivity index (χ3n) is 10.2. The highest BCUT2D eigenvalue weighted by atomic mass is 16.1. The maximum absolute atomic E-state index is 14.9. The molecule has 0 spiro atoms. The summed E-state index contributed by atoms with van der Waals surface area (Å²) >= 11 is 0. The van der Waals surface area contributed by atoms with Crippen LogP contribution in [0.3, 0.4) is 0 Å². The minimum Gasteiger partial charge on any atom is -0.343 e. The van der Waals surface area contributed by atoms with Gasteiger partial charge < -0.3 is 9.13 Å². The van der Waals surface area contributed by atoms with E-state index in [4.69, 9.17) is 0 Å². The van der Waals surface area contributed by atoms with Crippen LogP contribution in [0.25, 0.3) is 88.1 Å². The zero-order chi connectivity index (χ0) is 33.9. The van der Waals surface area contributed by atoms with Crippen molar-refractivity contribution in [2.24, 2.45) is 14.1 Å². The van der Waals surface area contributed by atoms with E-state index in [9.17, 15) is 9.59 Å². The highest BCUT2D eigenvalue weighted by Crippen LogP contribution is 2.40. The zero-order valence-electron chi connectivity index (χ0n) is 27.7. The molecule has 4 nitrogen and oxygen atoms in total. The third-order valence-corrected chi connectivity index (χ3v) is 10.2. The van der Waals surface area contributed by atoms with Gasteiger partial charge in [-0.1, -0.05) is 133 Å². The average Bonchev–Trinajstić information content (AvgIpc) is 3.18. The van der Waals surface area contributed by atoms with E-state index in [1.165, 1.54) is 0 Å². The molecule has 0 bridgehead atoms. The maximum atomic E-state index is 14.9. The summed E-state index contributed by atoms with van der Waals surface area (Å²) in [6, 6.07) is 52.8. The van der Waals surface area contributed by atoms with Crippen molar-refractivity contribution in [1.82, 2.24) is 9.13 Å². The van der Waals surface area contributed by atoms with Crippen molar-refractivity contribution in [2.75, 3.05) is 0 Å². The van der Waals surface area contributed by atoms with Crippen LogP contribution >= 0.6 is 0 Å². The van der Waals surface area contributed by atoms with E-state index in [2.05, 4.69) is 69.8 Å². The number of fused-ring (bicyclic) bond motifs is 4. The molecule has 0 radical (unpaired) electrons.